The molecule has 0 radical (unpaired) electrons. The lowest BCUT2D eigenvalue weighted by Crippen LogP contribution is -2.43. The molecule has 2 heteroatoms. The molecule has 1 N–H and O–H groups in total. The SMILES string of the molecule is CCCN(C(C)C)C(C)CCNC(C)(C)C. The molecule has 0 spiro atoms. The van der Waals surface area contributed by atoms with Crippen LogP contribution in [0.25, 0.3) is 0 Å². The van der Waals surface area contributed by atoms with Gasteiger partial charge >= 0.3 is 0 Å². The first kappa shape index (κ1) is 15.9. The second kappa shape index (κ2) is 7.29. The van der Waals surface area contributed by atoms with E-state index in [0.717, 1.165) is 6.54 Å². The molecular weight excluding hydrogens is 196 g/mol. The van der Waals surface area contributed by atoms with Gasteiger partial charge in [0.25, 0.3) is 0 Å². The summed E-state index contributed by atoms with van der Waals surface area (Å²) < 4.78 is 0. The molecule has 0 heterocycles. The highest BCUT2D eigenvalue weighted by Gasteiger charge is 2.16. The zero-order valence-electron chi connectivity index (χ0n) is 12.4. The van der Waals surface area contributed by atoms with Crippen LogP contribution in [0.4, 0.5) is 0 Å². The molecule has 1 atom stereocenters. The first-order chi connectivity index (χ1) is 7.28. The number of hydrogen-bond acceptors (Lipinski definition) is 2. The third kappa shape index (κ3) is 7.24. The maximum absolute atomic E-state index is 3.56. The molecule has 0 saturated heterocycles. The molecule has 0 aliphatic rings. The largest absolute Gasteiger partial charge is 0.312 e. The van der Waals surface area contributed by atoms with Crippen LogP contribution in [0.5, 0.6) is 0 Å². The normalized spacial score (nSPS) is 14.8. The average Bonchev–Trinajstić information content (AvgIpc) is 2.11. The lowest BCUT2D eigenvalue weighted by molar-refractivity contribution is 0.154. The van der Waals surface area contributed by atoms with E-state index in [-0.39, 0.29) is 5.54 Å². The highest BCUT2D eigenvalue weighted by Crippen LogP contribution is 2.10. The minimum atomic E-state index is 0.243. The van der Waals surface area contributed by atoms with Gasteiger partial charge in [-0.05, 0) is 67.5 Å². The summed E-state index contributed by atoms with van der Waals surface area (Å²) in [6.07, 6.45) is 2.48. The fourth-order valence-electron chi connectivity index (χ4n) is 2.07. The van der Waals surface area contributed by atoms with Crippen molar-refractivity contribution in [3.63, 3.8) is 0 Å². The van der Waals surface area contributed by atoms with Crippen molar-refractivity contribution in [2.24, 2.45) is 0 Å². The van der Waals surface area contributed by atoms with Crippen LogP contribution in [0.2, 0.25) is 0 Å². The van der Waals surface area contributed by atoms with Gasteiger partial charge in [-0.2, -0.15) is 0 Å². The van der Waals surface area contributed by atoms with E-state index >= 15 is 0 Å². The van der Waals surface area contributed by atoms with Gasteiger partial charge < -0.3 is 5.32 Å². The predicted octanol–water partition coefficient (Wildman–Crippen LogP) is 3.27. The van der Waals surface area contributed by atoms with E-state index in [1.165, 1.54) is 19.4 Å². The van der Waals surface area contributed by atoms with Gasteiger partial charge in [-0.15, -0.1) is 0 Å². The van der Waals surface area contributed by atoms with E-state index in [0.29, 0.717) is 12.1 Å². The van der Waals surface area contributed by atoms with Crippen LogP contribution in [-0.4, -0.2) is 35.6 Å². The van der Waals surface area contributed by atoms with E-state index in [4.69, 9.17) is 0 Å². The number of rotatable bonds is 7. The van der Waals surface area contributed by atoms with Crippen molar-refractivity contribution in [2.45, 2.75) is 78.9 Å². The summed E-state index contributed by atoms with van der Waals surface area (Å²) in [4.78, 5) is 2.60. The van der Waals surface area contributed by atoms with Crippen molar-refractivity contribution in [1.29, 1.82) is 0 Å². The minimum absolute atomic E-state index is 0.243. The fourth-order valence-corrected chi connectivity index (χ4v) is 2.07. The third-order valence-electron chi connectivity index (χ3n) is 2.93. The van der Waals surface area contributed by atoms with E-state index in [1.54, 1.807) is 0 Å². The summed E-state index contributed by atoms with van der Waals surface area (Å²) in [5, 5.41) is 3.56. The van der Waals surface area contributed by atoms with Gasteiger partial charge in [-0.3, -0.25) is 4.90 Å². The molecule has 0 aliphatic heterocycles. The third-order valence-corrected chi connectivity index (χ3v) is 2.93. The Labute approximate surface area is 103 Å². The van der Waals surface area contributed by atoms with Gasteiger partial charge in [0.2, 0.25) is 0 Å². The number of hydrogen-bond donors (Lipinski definition) is 1. The Morgan fingerprint density at radius 1 is 1.12 bits per heavy atom. The molecule has 0 aliphatic carbocycles. The van der Waals surface area contributed by atoms with Crippen LogP contribution in [0, 0.1) is 0 Å². The van der Waals surface area contributed by atoms with Crippen LogP contribution in [0.3, 0.4) is 0 Å². The first-order valence-corrected chi connectivity index (χ1v) is 6.78. The van der Waals surface area contributed by atoms with Gasteiger partial charge in [0, 0.05) is 17.6 Å². The molecule has 1 unspecified atom stereocenters. The average molecular weight is 228 g/mol. The molecule has 2 nitrogen and oxygen atoms in total. The molecule has 0 bridgehead atoms. The van der Waals surface area contributed by atoms with Crippen molar-refractivity contribution in [3.8, 4) is 0 Å². The second-order valence-electron chi connectivity index (χ2n) is 6.15. The summed E-state index contributed by atoms with van der Waals surface area (Å²) in [6.45, 7) is 18.2. The van der Waals surface area contributed by atoms with E-state index in [2.05, 4.69) is 58.7 Å². The molecule has 98 valence electrons. The van der Waals surface area contributed by atoms with Gasteiger partial charge in [-0.25, -0.2) is 0 Å². The Morgan fingerprint density at radius 2 is 1.69 bits per heavy atom. The summed E-state index contributed by atoms with van der Waals surface area (Å²) in [5.74, 6) is 0. The zero-order chi connectivity index (χ0) is 12.8. The standard InChI is InChI=1S/C14H32N2/c1-8-11-16(12(2)3)13(4)9-10-15-14(5,6)7/h12-13,15H,8-11H2,1-7H3. The van der Waals surface area contributed by atoms with Gasteiger partial charge in [0.1, 0.15) is 0 Å². The lowest BCUT2D eigenvalue weighted by Gasteiger charge is -2.33. The Balaban J connectivity index is 3.96. The molecule has 0 amide bonds. The van der Waals surface area contributed by atoms with Crippen LogP contribution < -0.4 is 5.32 Å². The summed E-state index contributed by atoms with van der Waals surface area (Å²) in [6, 6.07) is 1.33. The molecule has 0 rings (SSSR count). The van der Waals surface area contributed by atoms with Gasteiger partial charge in [0.05, 0.1) is 0 Å². The Morgan fingerprint density at radius 3 is 2.06 bits per heavy atom. The summed E-state index contributed by atoms with van der Waals surface area (Å²) >= 11 is 0. The molecule has 0 aromatic rings. The highest BCUT2D eigenvalue weighted by molar-refractivity contribution is 4.75. The van der Waals surface area contributed by atoms with Crippen LogP contribution >= 0.6 is 0 Å². The molecule has 0 aromatic heterocycles. The molecule has 16 heavy (non-hydrogen) atoms. The summed E-state index contributed by atoms with van der Waals surface area (Å²) in [5.41, 5.74) is 0.243. The van der Waals surface area contributed by atoms with E-state index < -0.39 is 0 Å². The van der Waals surface area contributed by atoms with Crippen molar-refractivity contribution < 1.29 is 0 Å². The maximum atomic E-state index is 3.56. The maximum Gasteiger partial charge on any atom is 0.00965 e. The number of nitrogens with zero attached hydrogens (tertiary/aromatic N) is 1. The topological polar surface area (TPSA) is 15.3 Å². The molecular formula is C14H32N2. The van der Waals surface area contributed by atoms with Crippen molar-refractivity contribution in [2.75, 3.05) is 13.1 Å². The molecule has 0 fully saturated rings. The van der Waals surface area contributed by atoms with E-state index in [1.807, 2.05) is 0 Å². The van der Waals surface area contributed by atoms with Gasteiger partial charge in [-0.1, -0.05) is 6.92 Å². The van der Waals surface area contributed by atoms with Crippen LogP contribution in [0.1, 0.15) is 61.3 Å². The van der Waals surface area contributed by atoms with Crippen LogP contribution in [-0.2, 0) is 0 Å². The summed E-state index contributed by atoms with van der Waals surface area (Å²) in [7, 11) is 0. The second-order valence-corrected chi connectivity index (χ2v) is 6.15. The number of nitrogens with one attached hydrogen (secondary N) is 1. The van der Waals surface area contributed by atoms with E-state index in [9.17, 15) is 0 Å². The Hall–Kier alpha value is -0.0800. The predicted molar refractivity (Wildman–Crippen MR) is 74.0 cm³/mol. The van der Waals surface area contributed by atoms with Crippen molar-refractivity contribution in [3.05, 3.63) is 0 Å². The zero-order valence-corrected chi connectivity index (χ0v) is 12.4. The smallest absolute Gasteiger partial charge is 0.00965 e. The minimum Gasteiger partial charge on any atom is -0.312 e. The van der Waals surface area contributed by atoms with Crippen molar-refractivity contribution >= 4 is 0 Å². The van der Waals surface area contributed by atoms with Crippen molar-refractivity contribution in [1.82, 2.24) is 10.2 Å². The van der Waals surface area contributed by atoms with Crippen LogP contribution in [0.15, 0.2) is 0 Å². The Bertz CT molecular complexity index is 170. The highest BCUT2D eigenvalue weighted by atomic mass is 15.2. The lowest BCUT2D eigenvalue weighted by atomic mass is 10.1. The Kier molecular flexibility index (Phi) is 7.25. The fraction of sp³-hybridized carbons (Fsp3) is 1.00. The molecule has 0 saturated carbocycles. The van der Waals surface area contributed by atoms with Gasteiger partial charge in [0.15, 0.2) is 0 Å². The monoisotopic (exact) mass is 228 g/mol. The first-order valence-electron chi connectivity index (χ1n) is 6.78. The molecule has 0 aromatic carbocycles. The quantitative estimate of drug-likeness (QED) is 0.719.